The fraction of sp³-hybridized carbons (Fsp3) is 0. The summed E-state index contributed by atoms with van der Waals surface area (Å²) in [5, 5.41) is 4.45. The second-order valence-corrected chi connectivity index (χ2v) is 10.9. The number of para-hydroxylation sites is 5. The van der Waals surface area contributed by atoms with Gasteiger partial charge in [0.2, 0.25) is 0 Å². The Balaban J connectivity index is 1.47. The van der Waals surface area contributed by atoms with Crippen molar-refractivity contribution in [2.75, 3.05) is 0 Å². The molecule has 0 N–H and O–H groups in total. The third-order valence-electron chi connectivity index (χ3n) is 8.50. The van der Waals surface area contributed by atoms with Gasteiger partial charge < -0.3 is 8.98 Å². The Bertz CT molecular complexity index is 2700. The molecule has 44 heavy (non-hydrogen) atoms. The van der Waals surface area contributed by atoms with Gasteiger partial charge in [-0.05, 0) is 54.6 Å². The zero-order chi connectivity index (χ0) is 29.4. The topological polar surface area (TPSA) is 62.1 Å². The van der Waals surface area contributed by atoms with Gasteiger partial charge in [-0.15, -0.1) is 0 Å². The van der Waals surface area contributed by atoms with E-state index in [1.165, 1.54) is 4.57 Å². The van der Waals surface area contributed by atoms with E-state index in [9.17, 15) is 9.59 Å². The van der Waals surface area contributed by atoms with Gasteiger partial charge in [0.05, 0.1) is 39.0 Å². The van der Waals surface area contributed by atoms with E-state index in [1.54, 1.807) is 16.7 Å². The minimum atomic E-state index is -0.421. The van der Waals surface area contributed by atoms with Crippen LogP contribution < -0.4 is 11.2 Å². The Morgan fingerprint density at radius 3 is 1.80 bits per heavy atom. The SMILES string of the molecule is O=c1c2cc3c(cc2n(-c2ccccc2)c(=O)n1-c1ccccc1)c1ccccc1n3-c1cccc2c1oc1ccccc12. The molecule has 0 amide bonds. The first-order chi connectivity index (χ1) is 21.7. The number of fused-ring (bicyclic) bond motifs is 7. The monoisotopic (exact) mass is 569 g/mol. The van der Waals surface area contributed by atoms with E-state index < -0.39 is 5.69 Å². The normalized spacial score (nSPS) is 11.8. The third kappa shape index (κ3) is 3.36. The second kappa shape index (κ2) is 9.18. The Labute approximate surface area is 249 Å². The van der Waals surface area contributed by atoms with Gasteiger partial charge in [0, 0.05) is 21.5 Å². The molecular weight excluding hydrogens is 546 g/mol. The molecule has 0 saturated carbocycles. The molecule has 3 aromatic heterocycles. The van der Waals surface area contributed by atoms with Crippen LogP contribution in [-0.2, 0) is 0 Å². The maximum atomic E-state index is 14.3. The van der Waals surface area contributed by atoms with Crippen molar-refractivity contribution < 1.29 is 4.42 Å². The van der Waals surface area contributed by atoms with E-state index >= 15 is 0 Å². The molecule has 0 aliphatic heterocycles. The Morgan fingerprint density at radius 2 is 1.02 bits per heavy atom. The predicted octanol–water partition coefficient (Wildman–Crippen LogP) is 8.14. The van der Waals surface area contributed by atoms with E-state index in [0.29, 0.717) is 22.3 Å². The highest BCUT2D eigenvalue weighted by Gasteiger charge is 2.22. The van der Waals surface area contributed by atoms with Crippen LogP contribution in [0, 0.1) is 0 Å². The number of nitrogens with zero attached hydrogens (tertiary/aromatic N) is 3. The van der Waals surface area contributed by atoms with Gasteiger partial charge in [0.1, 0.15) is 5.58 Å². The van der Waals surface area contributed by atoms with Crippen molar-refractivity contribution in [3.8, 4) is 17.1 Å². The molecule has 0 saturated heterocycles. The number of aromatic nitrogens is 3. The molecule has 6 nitrogen and oxygen atoms in total. The lowest BCUT2D eigenvalue weighted by Crippen LogP contribution is -2.38. The van der Waals surface area contributed by atoms with Crippen LogP contribution >= 0.6 is 0 Å². The van der Waals surface area contributed by atoms with Crippen molar-refractivity contribution in [2.24, 2.45) is 0 Å². The van der Waals surface area contributed by atoms with Gasteiger partial charge in [-0.2, -0.15) is 0 Å². The molecule has 3 heterocycles. The van der Waals surface area contributed by atoms with Gasteiger partial charge in [-0.25, -0.2) is 9.36 Å². The molecule has 6 aromatic carbocycles. The maximum Gasteiger partial charge on any atom is 0.340 e. The molecule has 0 atom stereocenters. The van der Waals surface area contributed by atoms with E-state index in [-0.39, 0.29) is 5.56 Å². The molecule has 9 aromatic rings. The smallest absolute Gasteiger partial charge is 0.340 e. The average molecular weight is 570 g/mol. The zero-order valence-corrected chi connectivity index (χ0v) is 23.3. The summed E-state index contributed by atoms with van der Waals surface area (Å²) in [5.41, 5.74) is 5.25. The lowest BCUT2D eigenvalue weighted by molar-refractivity contribution is 0.666. The van der Waals surface area contributed by atoms with Gasteiger partial charge in [0.25, 0.3) is 5.56 Å². The Hall–Kier alpha value is -6.14. The number of furan rings is 1. The van der Waals surface area contributed by atoms with Crippen molar-refractivity contribution >= 4 is 54.6 Å². The van der Waals surface area contributed by atoms with Gasteiger partial charge in [0.15, 0.2) is 5.58 Å². The molecule has 0 spiro atoms. The number of benzene rings is 6. The minimum absolute atomic E-state index is 0.371. The van der Waals surface area contributed by atoms with Crippen LogP contribution in [0.2, 0.25) is 0 Å². The summed E-state index contributed by atoms with van der Waals surface area (Å²) in [6.45, 7) is 0. The highest BCUT2D eigenvalue weighted by molar-refractivity contribution is 6.15. The molecular formula is C38H23N3O3. The molecule has 0 bridgehead atoms. The lowest BCUT2D eigenvalue weighted by Gasteiger charge is -2.15. The lowest BCUT2D eigenvalue weighted by atomic mass is 10.1. The van der Waals surface area contributed by atoms with Crippen LogP contribution in [0.1, 0.15) is 0 Å². The highest BCUT2D eigenvalue weighted by atomic mass is 16.3. The van der Waals surface area contributed by atoms with Crippen molar-refractivity contribution in [1.82, 2.24) is 13.7 Å². The van der Waals surface area contributed by atoms with E-state index in [2.05, 4.69) is 28.8 Å². The van der Waals surface area contributed by atoms with Crippen LogP contribution in [0.4, 0.5) is 0 Å². The molecule has 9 rings (SSSR count). The van der Waals surface area contributed by atoms with Crippen molar-refractivity contribution in [2.45, 2.75) is 0 Å². The first-order valence-electron chi connectivity index (χ1n) is 14.5. The standard InChI is InChI=1S/C38H23N3O3/c42-37-30-23-33-29(22-34(30)39(24-12-3-1-4-13-24)38(43)40(37)25-14-5-2-6-15-25)26-16-7-9-19-31(26)41(33)32-20-11-18-28-27-17-8-10-21-35(27)44-36(28)32/h1-23H. The van der Waals surface area contributed by atoms with Crippen LogP contribution in [0.15, 0.2) is 154 Å². The molecule has 0 aliphatic carbocycles. The van der Waals surface area contributed by atoms with E-state index in [0.717, 1.165) is 49.4 Å². The summed E-state index contributed by atoms with van der Waals surface area (Å²) >= 11 is 0. The summed E-state index contributed by atoms with van der Waals surface area (Å²) in [5.74, 6) is 0. The second-order valence-electron chi connectivity index (χ2n) is 10.9. The van der Waals surface area contributed by atoms with Gasteiger partial charge >= 0.3 is 5.69 Å². The Kier molecular flexibility index (Phi) is 5.10. The van der Waals surface area contributed by atoms with E-state index in [1.807, 2.05) is 103 Å². The molecule has 6 heteroatoms. The minimum Gasteiger partial charge on any atom is -0.454 e. The van der Waals surface area contributed by atoms with E-state index in [4.69, 9.17) is 4.42 Å². The summed E-state index contributed by atoms with van der Waals surface area (Å²) < 4.78 is 11.5. The number of hydrogen-bond donors (Lipinski definition) is 0. The largest absolute Gasteiger partial charge is 0.454 e. The quantitative estimate of drug-likeness (QED) is 0.216. The fourth-order valence-corrected chi connectivity index (χ4v) is 6.57. The van der Waals surface area contributed by atoms with Crippen molar-refractivity contribution in [3.63, 3.8) is 0 Å². The van der Waals surface area contributed by atoms with Crippen LogP contribution in [-0.4, -0.2) is 13.7 Å². The van der Waals surface area contributed by atoms with Crippen LogP contribution in [0.5, 0.6) is 0 Å². The van der Waals surface area contributed by atoms with Crippen LogP contribution in [0.25, 0.3) is 71.7 Å². The third-order valence-corrected chi connectivity index (χ3v) is 8.50. The van der Waals surface area contributed by atoms with Crippen molar-refractivity contribution in [3.05, 3.63) is 160 Å². The number of rotatable bonds is 3. The average Bonchev–Trinajstić information content (AvgIpc) is 3.61. The fourth-order valence-electron chi connectivity index (χ4n) is 6.57. The maximum absolute atomic E-state index is 14.3. The molecule has 0 unspecified atom stereocenters. The van der Waals surface area contributed by atoms with Crippen molar-refractivity contribution in [1.29, 1.82) is 0 Å². The first kappa shape index (κ1) is 24.5. The van der Waals surface area contributed by atoms with Gasteiger partial charge in [-0.1, -0.05) is 84.9 Å². The highest BCUT2D eigenvalue weighted by Crippen LogP contribution is 2.39. The van der Waals surface area contributed by atoms with Crippen LogP contribution in [0.3, 0.4) is 0 Å². The molecule has 0 fully saturated rings. The molecule has 0 radical (unpaired) electrons. The predicted molar refractivity (Wildman–Crippen MR) is 177 cm³/mol. The Morgan fingerprint density at radius 1 is 0.432 bits per heavy atom. The summed E-state index contributed by atoms with van der Waals surface area (Å²) in [7, 11) is 0. The number of hydrogen-bond acceptors (Lipinski definition) is 3. The first-order valence-corrected chi connectivity index (χ1v) is 14.5. The summed E-state index contributed by atoms with van der Waals surface area (Å²) in [4.78, 5) is 28.5. The summed E-state index contributed by atoms with van der Waals surface area (Å²) in [6, 6.07) is 44.8. The zero-order valence-electron chi connectivity index (χ0n) is 23.3. The van der Waals surface area contributed by atoms with Gasteiger partial charge in [-0.3, -0.25) is 9.36 Å². The molecule has 208 valence electrons. The molecule has 0 aliphatic rings. The summed E-state index contributed by atoms with van der Waals surface area (Å²) in [6.07, 6.45) is 0.